The summed E-state index contributed by atoms with van der Waals surface area (Å²) in [5, 5.41) is 0. The molecule has 0 aromatic heterocycles. The van der Waals surface area contributed by atoms with Crippen molar-refractivity contribution in [2.24, 2.45) is 11.7 Å². The van der Waals surface area contributed by atoms with Gasteiger partial charge in [-0.1, -0.05) is 33.6 Å². The molecule has 1 rings (SSSR count). The van der Waals surface area contributed by atoms with Crippen LogP contribution in [0.5, 0.6) is 0 Å². The molecule has 2 unspecified atom stereocenters. The molecule has 0 saturated carbocycles. The minimum absolute atomic E-state index is 0.0191. The van der Waals surface area contributed by atoms with Crippen molar-refractivity contribution in [2.45, 2.75) is 45.7 Å². The average Bonchev–Trinajstić information content (AvgIpc) is 2.54. The molecule has 1 aliphatic heterocycles. The third-order valence-electron chi connectivity index (χ3n) is 3.89. The van der Waals surface area contributed by atoms with E-state index in [1.54, 1.807) is 0 Å². The van der Waals surface area contributed by atoms with Crippen LogP contribution in [0.15, 0.2) is 0 Å². The highest BCUT2D eigenvalue weighted by atomic mass is 32.2. The van der Waals surface area contributed by atoms with Crippen LogP contribution in [0.25, 0.3) is 0 Å². The van der Waals surface area contributed by atoms with Gasteiger partial charge in [0.05, 0.1) is 11.5 Å². The molecule has 2 atom stereocenters. The second-order valence-electron chi connectivity index (χ2n) is 5.08. The number of nitrogens with zero attached hydrogens (tertiary/aromatic N) is 1. The van der Waals surface area contributed by atoms with Gasteiger partial charge in [-0.15, -0.1) is 0 Å². The zero-order chi connectivity index (χ0) is 13.1. The van der Waals surface area contributed by atoms with Gasteiger partial charge in [0.25, 0.3) is 0 Å². The molecule has 0 aliphatic carbocycles. The van der Waals surface area contributed by atoms with E-state index in [9.17, 15) is 8.42 Å². The Kier molecular flexibility index (Phi) is 5.41. The molecule has 0 aromatic carbocycles. The standard InChI is InChI=1S/C12H26N2O2S/c1-4-10(5-2)7-14(6-3)12-9-17(15,16)8-11(12)13/h10-12H,4-9,13H2,1-3H3. The molecule has 1 fully saturated rings. The summed E-state index contributed by atoms with van der Waals surface area (Å²) >= 11 is 0. The summed E-state index contributed by atoms with van der Waals surface area (Å²) in [6, 6.07) is -0.195. The molecule has 2 N–H and O–H groups in total. The predicted molar refractivity (Wildman–Crippen MR) is 71.7 cm³/mol. The van der Waals surface area contributed by atoms with Crippen molar-refractivity contribution < 1.29 is 8.42 Å². The van der Waals surface area contributed by atoms with Crippen molar-refractivity contribution in [1.29, 1.82) is 0 Å². The second-order valence-corrected chi connectivity index (χ2v) is 7.23. The fourth-order valence-corrected chi connectivity index (χ4v) is 4.53. The van der Waals surface area contributed by atoms with Gasteiger partial charge in [0, 0.05) is 18.6 Å². The molecule has 1 aliphatic rings. The maximum absolute atomic E-state index is 11.6. The fourth-order valence-electron chi connectivity index (χ4n) is 2.61. The van der Waals surface area contributed by atoms with Gasteiger partial charge >= 0.3 is 0 Å². The van der Waals surface area contributed by atoms with Crippen LogP contribution in [-0.4, -0.2) is 50.0 Å². The molecule has 0 aromatic rings. The highest BCUT2D eigenvalue weighted by Crippen LogP contribution is 2.20. The van der Waals surface area contributed by atoms with Crippen molar-refractivity contribution in [3.63, 3.8) is 0 Å². The van der Waals surface area contributed by atoms with Gasteiger partial charge in [0.1, 0.15) is 0 Å². The van der Waals surface area contributed by atoms with Crippen molar-refractivity contribution in [3.8, 4) is 0 Å². The molecule has 0 bridgehead atoms. The molecular formula is C12H26N2O2S. The van der Waals surface area contributed by atoms with Crippen LogP contribution in [0.3, 0.4) is 0 Å². The molecule has 0 spiro atoms. The van der Waals surface area contributed by atoms with Crippen LogP contribution in [0, 0.1) is 5.92 Å². The molecule has 1 heterocycles. The lowest BCUT2D eigenvalue weighted by molar-refractivity contribution is 0.172. The number of nitrogens with two attached hydrogens (primary N) is 1. The van der Waals surface area contributed by atoms with Gasteiger partial charge in [-0.2, -0.15) is 0 Å². The summed E-state index contributed by atoms with van der Waals surface area (Å²) in [5.74, 6) is 1.03. The summed E-state index contributed by atoms with van der Waals surface area (Å²) in [6.07, 6.45) is 2.28. The molecule has 17 heavy (non-hydrogen) atoms. The van der Waals surface area contributed by atoms with E-state index in [1.807, 2.05) is 0 Å². The smallest absolute Gasteiger partial charge is 0.153 e. The first-order valence-electron chi connectivity index (χ1n) is 6.63. The molecular weight excluding hydrogens is 236 g/mol. The maximum Gasteiger partial charge on any atom is 0.153 e. The molecule has 5 heteroatoms. The Hall–Kier alpha value is -0.130. The second kappa shape index (κ2) is 6.16. The largest absolute Gasteiger partial charge is 0.325 e. The van der Waals surface area contributed by atoms with E-state index in [0.717, 1.165) is 25.9 Å². The Balaban J connectivity index is 2.68. The van der Waals surface area contributed by atoms with E-state index in [-0.39, 0.29) is 23.6 Å². The van der Waals surface area contributed by atoms with Gasteiger partial charge in [-0.25, -0.2) is 8.42 Å². The van der Waals surface area contributed by atoms with Crippen molar-refractivity contribution in [2.75, 3.05) is 24.6 Å². The number of rotatable bonds is 6. The summed E-state index contributed by atoms with van der Waals surface area (Å²) in [6.45, 7) is 8.31. The van der Waals surface area contributed by atoms with Crippen molar-refractivity contribution >= 4 is 9.84 Å². The van der Waals surface area contributed by atoms with Crippen LogP contribution in [0.4, 0.5) is 0 Å². The quantitative estimate of drug-likeness (QED) is 0.771. The van der Waals surface area contributed by atoms with Gasteiger partial charge in [0.2, 0.25) is 0 Å². The Bertz CT molecular complexity index is 325. The average molecular weight is 262 g/mol. The monoisotopic (exact) mass is 262 g/mol. The first-order valence-corrected chi connectivity index (χ1v) is 8.45. The van der Waals surface area contributed by atoms with E-state index < -0.39 is 9.84 Å². The molecule has 0 amide bonds. The molecule has 1 saturated heterocycles. The number of hydrogen-bond acceptors (Lipinski definition) is 4. The Morgan fingerprint density at radius 2 is 1.82 bits per heavy atom. The lowest BCUT2D eigenvalue weighted by atomic mass is 10.0. The summed E-state index contributed by atoms with van der Waals surface area (Å²) in [7, 11) is -2.92. The zero-order valence-corrected chi connectivity index (χ0v) is 12.0. The van der Waals surface area contributed by atoms with Crippen LogP contribution >= 0.6 is 0 Å². The molecule has 102 valence electrons. The van der Waals surface area contributed by atoms with Crippen LogP contribution < -0.4 is 5.73 Å². The van der Waals surface area contributed by atoms with Gasteiger partial charge in [0.15, 0.2) is 9.84 Å². The Morgan fingerprint density at radius 1 is 1.24 bits per heavy atom. The minimum Gasteiger partial charge on any atom is -0.325 e. The topological polar surface area (TPSA) is 63.4 Å². The van der Waals surface area contributed by atoms with E-state index in [2.05, 4.69) is 25.7 Å². The van der Waals surface area contributed by atoms with Crippen LogP contribution in [0.1, 0.15) is 33.6 Å². The van der Waals surface area contributed by atoms with E-state index in [0.29, 0.717) is 5.92 Å². The predicted octanol–water partition coefficient (Wildman–Crippen LogP) is 0.869. The zero-order valence-electron chi connectivity index (χ0n) is 11.2. The summed E-state index contributed by atoms with van der Waals surface area (Å²) < 4.78 is 23.2. The SMILES string of the molecule is CCC(CC)CN(CC)C1CS(=O)(=O)CC1N. The number of likely N-dealkylation sites (N-methyl/N-ethyl adjacent to an activating group) is 1. The normalized spacial score (nSPS) is 28.1. The van der Waals surface area contributed by atoms with Crippen molar-refractivity contribution in [3.05, 3.63) is 0 Å². The van der Waals surface area contributed by atoms with Crippen molar-refractivity contribution in [1.82, 2.24) is 4.90 Å². The van der Waals surface area contributed by atoms with E-state index >= 15 is 0 Å². The Labute approximate surface area is 105 Å². The third kappa shape index (κ3) is 3.93. The first kappa shape index (κ1) is 14.9. The number of hydrogen-bond donors (Lipinski definition) is 1. The van der Waals surface area contributed by atoms with Gasteiger partial charge in [-0.05, 0) is 12.5 Å². The fraction of sp³-hybridized carbons (Fsp3) is 1.00. The van der Waals surface area contributed by atoms with E-state index in [1.165, 1.54) is 0 Å². The summed E-state index contributed by atoms with van der Waals surface area (Å²) in [5.41, 5.74) is 5.97. The minimum atomic E-state index is -2.92. The van der Waals surface area contributed by atoms with Crippen LogP contribution in [-0.2, 0) is 9.84 Å². The van der Waals surface area contributed by atoms with E-state index in [4.69, 9.17) is 5.73 Å². The van der Waals surface area contributed by atoms with Gasteiger partial charge < -0.3 is 5.73 Å². The van der Waals surface area contributed by atoms with Gasteiger partial charge in [-0.3, -0.25) is 4.90 Å². The third-order valence-corrected chi connectivity index (χ3v) is 5.63. The Morgan fingerprint density at radius 3 is 2.18 bits per heavy atom. The molecule has 0 radical (unpaired) electrons. The highest BCUT2D eigenvalue weighted by molar-refractivity contribution is 7.91. The number of sulfone groups is 1. The highest BCUT2D eigenvalue weighted by Gasteiger charge is 2.38. The maximum atomic E-state index is 11.6. The summed E-state index contributed by atoms with van der Waals surface area (Å²) in [4.78, 5) is 2.26. The lowest BCUT2D eigenvalue weighted by Gasteiger charge is -2.32. The molecule has 4 nitrogen and oxygen atoms in total. The van der Waals surface area contributed by atoms with Crippen LogP contribution in [0.2, 0.25) is 0 Å². The lowest BCUT2D eigenvalue weighted by Crippen LogP contribution is -2.48. The first-order chi connectivity index (χ1) is 7.93.